The minimum atomic E-state index is -4.39. The molecule has 0 saturated carbocycles. The van der Waals surface area contributed by atoms with Gasteiger partial charge < -0.3 is 14.5 Å². The van der Waals surface area contributed by atoms with Crippen LogP contribution in [0.15, 0.2) is 28.6 Å². The van der Waals surface area contributed by atoms with Crippen LogP contribution in [0.2, 0.25) is 0 Å². The van der Waals surface area contributed by atoms with E-state index in [9.17, 15) is 22.8 Å². The number of ether oxygens (including phenoxy) is 1. The number of anilines is 2. The lowest BCUT2D eigenvalue weighted by Crippen LogP contribution is -2.49. The second kappa shape index (κ2) is 10.2. The van der Waals surface area contributed by atoms with E-state index in [1.807, 2.05) is 4.90 Å². The Labute approximate surface area is 184 Å². The van der Waals surface area contributed by atoms with E-state index in [1.165, 1.54) is 17.8 Å². The molecule has 1 fully saturated rings. The normalized spacial score (nSPS) is 14.5. The van der Waals surface area contributed by atoms with Crippen molar-refractivity contribution < 1.29 is 27.5 Å². The summed E-state index contributed by atoms with van der Waals surface area (Å²) < 4.78 is 44.0. The van der Waals surface area contributed by atoms with Gasteiger partial charge in [-0.15, -0.1) is 10.2 Å². The van der Waals surface area contributed by atoms with Crippen LogP contribution in [0.4, 0.5) is 28.8 Å². The molecule has 0 atom stereocenters. The highest BCUT2D eigenvalue weighted by atomic mass is 32.2. The van der Waals surface area contributed by atoms with Crippen LogP contribution in [0.3, 0.4) is 0 Å². The van der Waals surface area contributed by atoms with Crippen molar-refractivity contribution >= 4 is 45.9 Å². The summed E-state index contributed by atoms with van der Waals surface area (Å²) in [7, 11) is 0. The van der Waals surface area contributed by atoms with E-state index in [0.29, 0.717) is 36.2 Å². The highest BCUT2D eigenvalue weighted by Gasteiger charge is 2.31. The fourth-order valence-corrected chi connectivity index (χ4v) is 4.52. The van der Waals surface area contributed by atoms with Gasteiger partial charge in [-0.25, -0.2) is 4.79 Å². The number of thioether (sulfide) groups is 1. The van der Waals surface area contributed by atoms with Crippen molar-refractivity contribution in [2.75, 3.05) is 48.8 Å². The van der Waals surface area contributed by atoms with Crippen LogP contribution in [0.5, 0.6) is 0 Å². The first-order chi connectivity index (χ1) is 14.8. The number of alkyl halides is 3. The average Bonchev–Trinajstić information content (AvgIpc) is 3.19. The van der Waals surface area contributed by atoms with E-state index in [1.54, 1.807) is 17.9 Å². The molecule has 1 aliphatic heterocycles. The molecule has 2 heterocycles. The van der Waals surface area contributed by atoms with Crippen molar-refractivity contribution in [2.45, 2.75) is 17.4 Å². The van der Waals surface area contributed by atoms with E-state index in [0.717, 1.165) is 23.5 Å². The first-order valence-corrected chi connectivity index (χ1v) is 11.2. The number of hydrogen-bond acceptors (Lipinski definition) is 8. The summed E-state index contributed by atoms with van der Waals surface area (Å²) in [6.45, 7) is 3.66. The molecule has 1 aliphatic rings. The maximum Gasteiger partial charge on any atom is 0.416 e. The molecule has 1 N–H and O–H groups in total. The van der Waals surface area contributed by atoms with E-state index < -0.39 is 17.8 Å². The fourth-order valence-electron chi connectivity index (χ4n) is 2.88. The van der Waals surface area contributed by atoms with Crippen LogP contribution in [-0.4, -0.2) is 65.6 Å². The molecule has 1 aromatic heterocycles. The van der Waals surface area contributed by atoms with Crippen LogP contribution in [0.25, 0.3) is 0 Å². The molecule has 168 valence electrons. The highest BCUT2D eigenvalue weighted by Crippen LogP contribution is 2.32. The molecular weight excluding hydrogens is 455 g/mol. The predicted octanol–water partition coefficient (Wildman–Crippen LogP) is 3.57. The second-order valence-electron chi connectivity index (χ2n) is 6.42. The van der Waals surface area contributed by atoms with Gasteiger partial charge in [-0.05, 0) is 25.1 Å². The monoisotopic (exact) mass is 475 g/mol. The van der Waals surface area contributed by atoms with Gasteiger partial charge in [0.2, 0.25) is 11.0 Å². The number of halogens is 3. The molecule has 0 bridgehead atoms. The second-order valence-corrected chi connectivity index (χ2v) is 8.62. The van der Waals surface area contributed by atoms with Gasteiger partial charge in [-0.2, -0.15) is 13.2 Å². The highest BCUT2D eigenvalue weighted by molar-refractivity contribution is 8.01. The van der Waals surface area contributed by atoms with Crippen molar-refractivity contribution in [1.29, 1.82) is 0 Å². The Kier molecular flexibility index (Phi) is 7.59. The molecule has 1 aromatic carbocycles. The topological polar surface area (TPSA) is 87.7 Å². The number of carbonyl (C=O) groups is 2. The van der Waals surface area contributed by atoms with Crippen LogP contribution in [0, 0.1) is 0 Å². The zero-order valence-electron chi connectivity index (χ0n) is 16.5. The molecule has 0 aliphatic carbocycles. The Morgan fingerprint density at radius 2 is 1.97 bits per heavy atom. The fraction of sp³-hybridized carbons (Fsp3) is 0.444. The maximum atomic E-state index is 12.9. The third-order valence-corrected chi connectivity index (χ3v) is 6.34. The largest absolute Gasteiger partial charge is 0.450 e. The van der Waals surface area contributed by atoms with Crippen LogP contribution in [-0.2, 0) is 15.7 Å². The van der Waals surface area contributed by atoms with Gasteiger partial charge in [0.1, 0.15) is 0 Å². The van der Waals surface area contributed by atoms with Gasteiger partial charge in [0.25, 0.3) is 0 Å². The number of nitrogens with zero attached hydrogens (tertiary/aromatic N) is 4. The van der Waals surface area contributed by atoms with Crippen molar-refractivity contribution in [2.24, 2.45) is 0 Å². The maximum absolute atomic E-state index is 12.9. The number of rotatable bonds is 6. The van der Waals surface area contributed by atoms with Crippen LogP contribution < -0.4 is 10.2 Å². The number of amides is 2. The third kappa shape index (κ3) is 6.47. The summed E-state index contributed by atoms with van der Waals surface area (Å²) in [6, 6.07) is 5.20. The van der Waals surface area contributed by atoms with Crippen LogP contribution in [0.1, 0.15) is 12.5 Å². The van der Waals surface area contributed by atoms with E-state index >= 15 is 0 Å². The Hall–Kier alpha value is -2.54. The average molecular weight is 476 g/mol. The summed E-state index contributed by atoms with van der Waals surface area (Å²) in [5, 5.41) is 10.5. The zero-order chi connectivity index (χ0) is 22.4. The lowest BCUT2D eigenvalue weighted by atomic mass is 10.1. The number of benzene rings is 1. The number of carbonyl (C=O) groups excluding carboxylic acids is 2. The van der Waals surface area contributed by atoms with Gasteiger partial charge in [0.05, 0.1) is 17.9 Å². The third-order valence-electron chi connectivity index (χ3n) is 4.38. The summed E-state index contributed by atoms with van der Waals surface area (Å²) >= 11 is 2.34. The molecule has 1 saturated heterocycles. The number of nitrogens with one attached hydrogen (secondary N) is 1. The molecule has 31 heavy (non-hydrogen) atoms. The molecule has 8 nitrogen and oxygen atoms in total. The van der Waals surface area contributed by atoms with Crippen molar-refractivity contribution in [1.82, 2.24) is 15.1 Å². The van der Waals surface area contributed by atoms with E-state index in [4.69, 9.17) is 4.74 Å². The Morgan fingerprint density at radius 1 is 1.23 bits per heavy atom. The quantitative estimate of drug-likeness (QED) is 0.505. The van der Waals surface area contributed by atoms with Crippen molar-refractivity contribution in [3.63, 3.8) is 0 Å². The Morgan fingerprint density at radius 3 is 2.65 bits per heavy atom. The molecule has 3 rings (SSSR count). The first-order valence-electron chi connectivity index (χ1n) is 9.36. The summed E-state index contributed by atoms with van der Waals surface area (Å²) in [5.74, 6) is 0.0567. The predicted molar refractivity (Wildman–Crippen MR) is 112 cm³/mol. The zero-order valence-corrected chi connectivity index (χ0v) is 18.1. The van der Waals surface area contributed by atoms with Gasteiger partial charge in [0, 0.05) is 31.9 Å². The van der Waals surface area contributed by atoms with E-state index in [-0.39, 0.29) is 23.4 Å². The molecule has 2 aromatic rings. The minimum absolute atomic E-state index is 0.0937. The van der Waals surface area contributed by atoms with Gasteiger partial charge in [0.15, 0.2) is 4.34 Å². The standard InChI is InChI=1S/C18H20F3N5O3S2/c1-2-29-16(28)22-15-23-24-17(31-15)30-11-14(27)26-8-6-25(7-9-26)13-5-3-4-12(10-13)18(19,20)21/h3-5,10H,2,6-9,11H2,1H3,(H,22,23,28). The molecule has 13 heteroatoms. The summed E-state index contributed by atoms with van der Waals surface area (Å²) in [5.41, 5.74) is -0.194. The minimum Gasteiger partial charge on any atom is -0.450 e. The van der Waals surface area contributed by atoms with Gasteiger partial charge in [-0.1, -0.05) is 29.2 Å². The van der Waals surface area contributed by atoms with E-state index in [2.05, 4.69) is 15.5 Å². The molecule has 0 radical (unpaired) electrons. The van der Waals surface area contributed by atoms with Crippen molar-refractivity contribution in [3.8, 4) is 0 Å². The lowest BCUT2D eigenvalue weighted by Gasteiger charge is -2.36. The SMILES string of the molecule is CCOC(=O)Nc1nnc(SCC(=O)N2CCN(c3cccc(C(F)(F)F)c3)CC2)s1. The van der Waals surface area contributed by atoms with Gasteiger partial charge >= 0.3 is 12.3 Å². The van der Waals surface area contributed by atoms with Crippen molar-refractivity contribution in [3.05, 3.63) is 29.8 Å². The summed E-state index contributed by atoms with van der Waals surface area (Å²) in [4.78, 5) is 27.4. The lowest BCUT2D eigenvalue weighted by molar-refractivity contribution is -0.137. The Balaban J connectivity index is 1.47. The summed E-state index contributed by atoms with van der Waals surface area (Å²) in [6.07, 6.45) is -5.01. The number of hydrogen-bond donors (Lipinski definition) is 1. The molecule has 0 spiro atoms. The van der Waals surface area contributed by atoms with Gasteiger partial charge in [-0.3, -0.25) is 10.1 Å². The first kappa shape index (κ1) is 23.1. The molecule has 2 amide bonds. The smallest absolute Gasteiger partial charge is 0.416 e. The Bertz CT molecular complexity index is 917. The van der Waals surface area contributed by atoms with Crippen LogP contribution >= 0.6 is 23.1 Å². The number of aromatic nitrogens is 2. The molecule has 0 unspecified atom stereocenters. The molecular formula is C18H20F3N5O3S2. The number of piperazine rings is 1.